The second kappa shape index (κ2) is 25.3. The van der Waals surface area contributed by atoms with Crippen molar-refractivity contribution >= 4 is 47.6 Å². The smallest absolute Gasteiger partial charge is 0.407 e. The monoisotopic (exact) mass is 726 g/mol. The van der Waals surface area contributed by atoms with Gasteiger partial charge in [-0.15, -0.1) is 0 Å². The maximum absolute atomic E-state index is 13.2. The van der Waals surface area contributed by atoms with Crippen molar-refractivity contribution in [2.75, 3.05) is 53.5 Å². The van der Waals surface area contributed by atoms with Crippen LogP contribution in [0.3, 0.4) is 0 Å². The van der Waals surface area contributed by atoms with Crippen LogP contribution in [0.4, 0.5) is 9.59 Å². The molecule has 18 nitrogen and oxygen atoms in total. The van der Waals surface area contributed by atoms with E-state index in [1.54, 1.807) is 6.92 Å². The lowest BCUT2D eigenvalue weighted by Crippen LogP contribution is -2.49. The summed E-state index contributed by atoms with van der Waals surface area (Å²) in [6, 6.07) is -0.980. The van der Waals surface area contributed by atoms with Gasteiger partial charge in [-0.05, 0) is 63.7 Å². The number of rotatable bonds is 27. The number of primary amides is 2. The van der Waals surface area contributed by atoms with E-state index in [2.05, 4.69) is 36.1 Å². The molecule has 0 spiro atoms. The van der Waals surface area contributed by atoms with Crippen LogP contribution in [0, 0.1) is 17.8 Å². The van der Waals surface area contributed by atoms with Crippen molar-refractivity contribution in [2.24, 2.45) is 29.2 Å². The summed E-state index contributed by atoms with van der Waals surface area (Å²) in [5.74, 6) is -2.86. The first-order valence-electron chi connectivity index (χ1n) is 17.6. The molecular weight excluding hydrogens is 668 g/mol. The normalized spacial score (nSPS) is 13.8. The number of nitrogens with one attached hydrogen (secondary N) is 5. The Bertz CT molecular complexity index is 1170. The molecule has 0 saturated heterocycles. The SMILES string of the molecule is COC(=O)NCCCC[C@H](NC(=O)OC)C(=O)NCCC(=O)N(CC(=O)NCCCCC(C)C(N)=O)CC(=O)NCCCCC(C(N)=O)C1CC1. The highest BCUT2D eigenvalue weighted by Crippen LogP contribution is 2.39. The molecule has 0 heterocycles. The number of methoxy groups -OCH3 is 2. The molecule has 0 aliphatic heterocycles. The first-order valence-corrected chi connectivity index (χ1v) is 17.6. The van der Waals surface area contributed by atoms with Crippen LogP contribution in [0.5, 0.6) is 0 Å². The van der Waals surface area contributed by atoms with Crippen molar-refractivity contribution in [3.8, 4) is 0 Å². The van der Waals surface area contributed by atoms with Crippen molar-refractivity contribution < 1.29 is 47.8 Å². The van der Waals surface area contributed by atoms with Gasteiger partial charge < -0.3 is 52.4 Å². The van der Waals surface area contributed by atoms with Crippen LogP contribution >= 0.6 is 0 Å². The molecule has 9 N–H and O–H groups in total. The lowest BCUT2D eigenvalue weighted by atomic mass is 9.96. The molecule has 51 heavy (non-hydrogen) atoms. The summed E-state index contributed by atoms with van der Waals surface area (Å²) in [5, 5.41) is 13.0. The summed E-state index contributed by atoms with van der Waals surface area (Å²) in [7, 11) is 2.40. The fraction of sp³-hybridized carbons (Fsp3) is 0.758. The molecule has 290 valence electrons. The van der Waals surface area contributed by atoms with Crippen molar-refractivity contribution in [3.63, 3.8) is 0 Å². The number of hydrogen-bond acceptors (Lipinski definition) is 10. The van der Waals surface area contributed by atoms with Crippen molar-refractivity contribution in [3.05, 3.63) is 0 Å². The zero-order valence-corrected chi connectivity index (χ0v) is 30.2. The molecule has 0 bridgehead atoms. The first kappa shape index (κ1) is 44.4. The minimum Gasteiger partial charge on any atom is -0.453 e. The number of amides is 8. The number of carbonyl (C=O) groups excluding carboxylic acids is 8. The molecule has 3 atom stereocenters. The highest BCUT2D eigenvalue weighted by molar-refractivity contribution is 5.90. The maximum atomic E-state index is 13.2. The Hall–Kier alpha value is -4.64. The van der Waals surface area contributed by atoms with E-state index in [9.17, 15) is 38.4 Å². The predicted octanol–water partition coefficient (Wildman–Crippen LogP) is -0.222. The molecule has 18 heteroatoms. The van der Waals surface area contributed by atoms with Crippen LogP contribution < -0.4 is 38.1 Å². The Balaban J connectivity index is 2.69. The molecule has 0 aromatic rings. The molecule has 0 aromatic carbocycles. The van der Waals surface area contributed by atoms with E-state index in [0.717, 1.165) is 24.9 Å². The number of nitrogens with zero attached hydrogens (tertiary/aromatic N) is 1. The first-order chi connectivity index (χ1) is 24.3. The van der Waals surface area contributed by atoms with Gasteiger partial charge in [0.15, 0.2) is 0 Å². The van der Waals surface area contributed by atoms with Gasteiger partial charge in [-0.1, -0.05) is 19.8 Å². The Morgan fingerprint density at radius 2 is 1.20 bits per heavy atom. The molecular formula is C33H58N8O10. The third-order valence-corrected chi connectivity index (χ3v) is 8.52. The molecule has 1 fully saturated rings. The fourth-order valence-electron chi connectivity index (χ4n) is 5.24. The number of hydrogen-bond donors (Lipinski definition) is 7. The fourth-order valence-corrected chi connectivity index (χ4v) is 5.24. The van der Waals surface area contributed by atoms with E-state index in [1.807, 2.05) is 0 Å². The standard InChI is InChI=1S/C33H58N8O10/c1-22(29(34)45)10-4-7-16-36-26(42)20-41(21-27(43)37-17-8-5-11-24(30(35)46)23-13-14-23)28(44)15-19-38-31(47)25(40-33(49)51-3)12-6-9-18-39-32(48)50-2/h22-25H,4-21H2,1-3H3,(H2,34,45)(H2,35,46)(H,36,42)(H,37,43)(H,38,47)(H,39,48)(H,40,49)/t22?,24?,25-/m0/s1. The summed E-state index contributed by atoms with van der Waals surface area (Å²) < 4.78 is 9.11. The van der Waals surface area contributed by atoms with E-state index in [0.29, 0.717) is 76.9 Å². The van der Waals surface area contributed by atoms with Crippen LogP contribution in [0.2, 0.25) is 0 Å². The van der Waals surface area contributed by atoms with Gasteiger partial charge in [0, 0.05) is 44.4 Å². The Morgan fingerprint density at radius 3 is 1.71 bits per heavy atom. The van der Waals surface area contributed by atoms with Gasteiger partial charge in [0.05, 0.1) is 14.2 Å². The van der Waals surface area contributed by atoms with E-state index < -0.39 is 60.9 Å². The molecule has 1 saturated carbocycles. The Kier molecular flexibility index (Phi) is 22.0. The highest BCUT2D eigenvalue weighted by atomic mass is 16.5. The van der Waals surface area contributed by atoms with Gasteiger partial charge >= 0.3 is 12.2 Å². The lowest BCUT2D eigenvalue weighted by Gasteiger charge is -2.23. The third-order valence-electron chi connectivity index (χ3n) is 8.52. The largest absolute Gasteiger partial charge is 0.453 e. The van der Waals surface area contributed by atoms with Crippen LogP contribution in [-0.4, -0.2) is 112 Å². The van der Waals surface area contributed by atoms with Crippen LogP contribution in [-0.2, 0) is 38.2 Å². The number of nitrogens with two attached hydrogens (primary N) is 2. The van der Waals surface area contributed by atoms with E-state index in [-0.39, 0.29) is 37.1 Å². The van der Waals surface area contributed by atoms with Gasteiger partial charge in [-0.2, -0.15) is 0 Å². The molecule has 0 aromatic heterocycles. The van der Waals surface area contributed by atoms with Crippen LogP contribution in [0.1, 0.15) is 84.0 Å². The van der Waals surface area contributed by atoms with Crippen LogP contribution in [0.15, 0.2) is 0 Å². The molecule has 1 rings (SSSR count). The van der Waals surface area contributed by atoms with Crippen molar-refractivity contribution in [1.29, 1.82) is 0 Å². The number of alkyl carbamates (subject to hydrolysis) is 2. The summed E-state index contributed by atoms with van der Waals surface area (Å²) in [5.41, 5.74) is 10.8. The minimum atomic E-state index is -0.980. The maximum Gasteiger partial charge on any atom is 0.407 e. The second-order valence-corrected chi connectivity index (χ2v) is 12.7. The summed E-state index contributed by atoms with van der Waals surface area (Å²) in [6.07, 6.45) is 5.32. The topological polar surface area (TPSA) is 270 Å². The molecule has 0 radical (unpaired) electrons. The highest BCUT2D eigenvalue weighted by Gasteiger charge is 2.34. The van der Waals surface area contributed by atoms with Crippen molar-refractivity contribution in [2.45, 2.75) is 90.0 Å². The quantitative estimate of drug-likeness (QED) is 0.0547. The van der Waals surface area contributed by atoms with Gasteiger partial charge in [0.2, 0.25) is 35.4 Å². The minimum absolute atomic E-state index is 0.138. The average molecular weight is 727 g/mol. The summed E-state index contributed by atoms with van der Waals surface area (Å²) >= 11 is 0. The van der Waals surface area contributed by atoms with E-state index in [4.69, 9.17) is 11.5 Å². The van der Waals surface area contributed by atoms with E-state index in [1.165, 1.54) is 7.11 Å². The van der Waals surface area contributed by atoms with Crippen molar-refractivity contribution in [1.82, 2.24) is 31.5 Å². The zero-order valence-electron chi connectivity index (χ0n) is 30.2. The van der Waals surface area contributed by atoms with Gasteiger partial charge in [-0.3, -0.25) is 28.8 Å². The predicted molar refractivity (Wildman–Crippen MR) is 185 cm³/mol. The van der Waals surface area contributed by atoms with E-state index >= 15 is 0 Å². The Labute approximate surface area is 299 Å². The summed E-state index contributed by atoms with van der Waals surface area (Å²) in [4.78, 5) is 98.6. The second-order valence-electron chi connectivity index (χ2n) is 12.7. The zero-order chi connectivity index (χ0) is 38.2. The molecule has 1 aliphatic carbocycles. The van der Waals surface area contributed by atoms with Gasteiger partial charge in [-0.25, -0.2) is 9.59 Å². The molecule has 8 amide bonds. The van der Waals surface area contributed by atoms with Gasteiger partial charge in [0.25, 0.3) is 0 Å². The number of ether oxygens (including phenoxy) is 2. The average Bonchev–Trinajstić information content (AvgIpc) is 3.93. The summed E-state index contributed by atoms with van der Waals surface area (Å²) in [6.45, 7) is 1.72. The lowest BCUT2D eigenvalue weighted by molar-refractivity contribution is -0.139. The van der Waals surface area contributed by atoms with Crippen LogP contribution in [0.25, 0.3) is 0 Å². The molecule has 2 unspecified atom stereocenters. The molecule has 1 aliphatic rings. The Morgan fingerprint density at radius 1 is 0.667 bits per heavy atom. The third kappa shape index (κ3) is 20.6. The number of unbranched alkanes of at least 4 members (excludes halogenated alkanes) is 3. The van der Waals surface area contributed by atoms with Gasteiger partial charge in [0.1, 0.15) is 19.1 Å². The number of carbonyl (C=O) groups is 8.